The molecule has 170 valence electrons. The summed E-state index contributed by atoms with van der Waals surface area (Å²) in [6.07, 6.45) is 2.15. The molecule has 0 fully saturated rings. The van der Waals surface area contributed by atoms with E-state index in [2.05, 4.69) is 134 Å². The van der Waals surface area contributed by atoms with Gasteiger partial charge in [0, 0.05) is 4.90 Å². The van der Waals surface area contributed by atoms with Crippen molar-refractivity contribution in [2.24, 2.45) is 0 Å². The monoisotopic (exact) mass is 476 g/mol. The van der Waals surface area contributed by atoms with Gasteiger partial charge in [-0.1, -0.05) is 103 Å². The van der Waals surface area contributed by atoms with Crippen molar-refractivity contribution in [2.75, 3.05) is 6.26 Å². The zero-order valence-electron chi connectivity index (χ0n) is 20.0. The van der Waals surface area contributed by atoms with E-state index in [9.17, 15) is 0 Å². The molecule has 0 saturated heterocycles. The molecule has 0 amide bonds. The molecule has 1 heteroatoms. The molecule has 0 aliphatic carbocycles. The Morgan fingerprint density at radius 2 is 0.861 bits per heavy atom. The van der Waals surface area contributed by atoms with Crippen molar-refractivity contribution >= 4 is 54.9 Å². The van der Waals surface area contributed by atoms with Gasteiger partial charge >= 0.3 is 0 Å². The van der Waals surface area contributed by atoms with Crippen LogP contribution < -0.4 is 0 Å². The van der Waals surface area contributed by atoms with Crippen LogP contribution in [-0.2, 0) is 0 Å². The SMILES string of the molecule is CSc1ccc2c(-c3ccc4ccccc4c3)c3ccccc3c(-c3ccc4ccccc4c3)c2c1. The lowest BCUT2D eigenvalue weighted by Crippen LogP contribution is -1.91. The van der Waals surface area contributed by atoms with Crippen LogP contribution in [0.25, 0.3) is 65.3 Å². The first-order chi connectivity index (χ1) is 17.8. The van der Waals surface area contributed by atoms with Crippen LogP contribution in [0.5, 0.6) is 0 Å². The fraction of sp³-hybridized carbons (Fsp3) is 0.0286. The van der Waals surface area contributed by atoms with Gasteiger partial charge in [-0.25, -0.2) is 0 Å². The summed E-state index contributed by atoms with van der Waals surface area (Å²) >= 11 is 1.80. The highest BCUT2D eigenvalue weighted by Gasteiger charge is 2.17. The second-order valence-electron chi connectivity index (χ2n) is 9.33. The Balaban J connectivity index is 1.63. The molecule has 0 spiro atoms. The van der Waals surface area contributed by atoms with Gasteiger partial charge in [-0.3, -0.25) is 0 Å². The van der Waals surface area contributed by atoms with E-state index in [4.69, 9.17) is 0 Å². The zero-order valence-corrected chi connectivity index (χ0v) is 20.8. The van der Waals surface area contributed by atoms with E-state index in [0.717, 1.165) is 0 Å². The third kappa shape index (κ3) is 3.39. The molecule has 36 heavy (non-hydrogen) atoms. The maximum Gasteiger partial charge on any atom is 0.00757 e. The predicted molar refractivity (Wildman–Crippen MR) is 159 cm³/mol. The number of benzene rings is 7. The minimum absolute atomic E-state index is 1.26. The van der Waals surface area contributed by atoms with E-state index in [1.165, 1.54) is 70.2 Å². The van der Waals surface area contributed by atoms with Gasteiger partial charge in [-0.2, -0.15) is 0 Å². The van der Waals surface area contributed by atoms with Gasteiger partial charge in [0.1, 0.15) is 0 Å². The molecule has 0 N–H and O–H groups in total. The molecule has 0 heterocycles. The summed E-state index contributed by atoms with van der Waals surface area (Å²) in [5, 5.41) is 10.3. The highest BCUT2D eigenvalue weighted by atomic mass is 32.2. The topological polar surface area (TPSA) is 0 Å². The summed E-state index contributed by atoms with van der Waals surface area (Å²) in [6.45, 7) is 0. The van der Waals surface area contributed by atoms with Crippen LogP contribution in [0.1, 0.15) is 0 Å². The van der Waals surface area contributed by atoms with Crippen LogP contribution in [0, 0.1) is 0 Å². The van der Waals surface area contributed by atoms with E-state index in [0.29, 0.717) is 0 Å². The summed E-state index contributed by atoms with van der Waals surface area (Å²) in [6, 6.07) is 46.9. The fourth-order valence-corrected chi connectivity index (χ4v) is 6.04. The summed E-state index contributed by atoms with van der Waals surface area (Å²) in [5.41, 5.74) is 5.14. The Labute approximate surface area is 215 Å². The third-order valence-electron chi connectivity index (χ3n) is 7.31. The summed E-state index contributed by atoms with van der Waals surface area (Å²) in [4.78, 5) is 1.28. The molecule has 0 unspecified atom stereocenters. The van der Waals surface area contributed by atoms with Crippen LogP contribution in [0.15, 0.2) is 132 Å². The van der Waals surface area contributed by atoms with Gasteiger partial charge < -0.3 is 0 Å². The molecule has 7 aromatic rings. The molecule has 0 atom stereocenters. The van der Waals surface area contributed by atoms with E-state index >= 15 is 0 Å². The minimum Gasteiger partial charge on any atom is -0.130 e. The smallest absolute Gasteiger partial charge is 0.00757 e. The number of hydrogen-bond donors (Lipinski definition) is 0. The molecule has 7 rings (SSSR count). The van der Waals surface area contributed by atoms with Crippen molar-refractivity contribution < 1.29 is 0 Å². The maximum atomic E-state index is 2.38. The molecular formula is C35H24S. The number of thioether (sulfide) groups is 1. The number of fused-ring (bicyclic) bond motifs is 4. The van der Waals surface area contributed by atoms with Crippen LogP contribution in [0.2, 0.25) is 0 Å². The van der Waals surface area contributed by atoms with E-state index in [-0.39, 0.29) is 0 Å². The molecule has 0 aliphatic rings. The molecule has 7 aromatic carbocycles. The first-order valence-corrected chi connectivity index (χ1v) is 13.5. The van der Waals surface area contributed by atoms with Crippen molar-refractivity contribution in [3.05, 3.63) is 127 Å². The quantitative estimate of drug-likeness (QED) is 0.180. The Kier molecular flexibility index (Phi) is 5.04. The lowest BCUT2D eigenvalue weighted by atomic mass is 9.85. The Morgan fingerprint density at radius 1 is 0.389 bits per heavy atom. The zero-order chi connectivity index (χ0) is 24.1. The van der Waals surface area contributed by atoms with Crippen molar-refractivity contribution in [2.45, 2.75) is 4.90 Å². The standard InChI is InChI=1S/C35H24S/c1-36-29-18-19-32-33(22-29)35(28-17-15-24-9-3-5-11-26(24)21-28)31-13-7-6-12-30(31)34(32)27-16-14-23-8-2-4-10-25(23)20-27/h2-22H,1H3. The van der Waals surface area contributed by atoms with Crippen molar-refractivity contribution in [3.63, 3.8) is 0 Å². The minimum atomic E-state index is 1.26. The van der Waals surface area contributed by atoms with Gasteiger partial charge in [0.2, 0.25) is 0 Å². The van der Waals surface area contributed by atoms with Crippen LogP contribution in [0.4, 0.5) is 0 Å². The summed E-state index contributed by atoms with van der Waals surface area (Å²) < 4.78 is 0. The van der Waals surface area contributed by atoms with Gasteiger partial charge in [0.15, 0.2) is 0 Å². The molecule has 0 nitrogen and oxygen atoms in total. The van der Waals surface area contributed by atoms with Gasteiger partial charge in [-0.15, -0.1) is 11.8 Å². The molecule has 0 saturated carbocycles. The first kappa shape index (κ1) is 21.2. The molecule has 0 aliphatic heterocycles. The molecule has 0 aromatic heterocycles. The van der Waals surface area contributed by atoms with Crippen molar-refractivity contribution in [1.82, 2.24) is 0 Å². The largest absolute Gasteiger partial charge is 0.130 e. The lowest BCUT2D eigenvalue weighted by Gasteiger charge is -2.19. The number of rotatable bonds is 3. The average Bonchev–Trinajstić information content (AvgIpc) is 2.95. The van der Waals surface area contributed by atoms with Gasteiger partial charge in [0.25, 0.3) is 0 Å². The van der Waals surface area contributed by atoms with Crippen LogP contribution >= 0.6 is 11.8 Å². The molecule has 0 radical (unpaired) electrons. The highest BCUT2D eigenvalue weighted by molar-refractivity contribution is 7.98. The molecular weight excluding hydrogens is 452 g/mol. The van der Waals surface area contributed by atoms with E-state index < -0.39 is 0 Å². The fourth-order valence-electron chi connectivity index (χ4n) is 5.60. The Bertz CT molecular complexity index is 1930. The Morgan fingerprint density at radius 3 is 1.42 bits per heavy atom. The van der Waals surface area contributed by atoms with Gasteiger partial charge in [0.05, 0.1) is 0 Å². The van der Waals surface area contributed by atoms with Crippen molar-refractivity contribution in [3.8, 4) is 22.3 Å². The molecule has 0 bridgehead atoms. The first-order valence-electron chi connectivity index (χ1n) is 12.3. The average molecular weight is 477 g/mol. The van der Waals surface area contributed by atoms with Crippen LogP contribution in [-0.4, -0.2) is 6.26 Å². The summed E-state index contributed by atoms with van der Waals surface area (Å²) in [7, 11) is 0. The predicted octanol–water partition coefficient (Wildman–Crippen LogP) is 10.4. The lowest BCUT2D eigenvalue weighted by molar-refractivity contribution is 1.52. The maximum absolute atomic E-state index is 2.38. The second-order valence-corrected chi connectivity index (χ2v) is 10.2. The van der Waals surface area contributed by atoms with Crippen LogP contribution in [0.3, 0.4) is 0 Å². The second kappa shape index (κ2) is 8.55. The summed E-state index contributed by atoms with van der Waals surface area (Å²) in [5.74, 6) is 0. The van der Waals surface area contributed by atoms with Crippen molar-refractivity contribution in [1.29, 1.82) is 0 Å². The number of hydrogen-bond acceptors (Lipinski definition) is 1. The third-order valence-corrected chi connectivity index (χ3v) is 8.03. The van der Waals surface area contributed by atoms with E-state index in [1.54, 1.807) is 11.8 Å². The Hall–Kier alpha value is -4.07. The van der Waals surface area contributed by atoms with Gasteiger partial charge in [-0.05, 0) is 95.9 Å². The highest BCUT2D eigenvalue weighted by Crippen LogP contribution is 2.45. The normalized spacial score (nSPS) is 11.6. The van der Waals surface area contributed by atoms with E-state index in [1.807, 2.05) is 0 Å².